The van der Waals surface area contributed by atoms with Crippen LogP contribution in [0, 0.1) is 15.9 Å². The molecule has 0 amide bonds. The van der Waals surface area contributed by atoms with Crippen molar-refractivity contribution in [2.24, 2.45) is 0 Å². The summed E-state index contributed by atoms with van der Waals surface area (Å²) in [5, 5.41) is 16.9. The maximum Gasteiger partial charge on any atom is 0.353 e. The van der Waals surface area contributed by atoms with Gasteiger partial charge < -0.3 is 15.4 Å². The zero-order valence-electron chi connectivity index (χ0n) is 12.8. The molecule has 0 fully saturated rings. The summed E-state index contributed by atoms with van der Waals surface area (Å²) in [4.78, 5) is 18.5. The lowest BCUT2D eigenvalue weighted by Gasteiger charge is -2.10. The van der Waals surface area contributed by atoms with E-state index in [1.165, 1.54) is 18.5 Å². The molecule has 2 rings (SSSR count). The van der Waals surface area contributed by atoms with Gasteiger partial charge in [0.15, 0.2) is 0 Å². The molecule has 0 spiro atoms. The monoisotopic (exact) mass is 399 g/mol. The van der Waals surface area contributed by atoms with Crippen molar-refractivity contribution in [2.75, 3.05) is 30.9 Å². The van der Waals surface area contributed by atoms with Gasteiger partial charge in [-0.05, 0) is 24.6 Å². The Balaban J connectivity index is 2.27. The zero-order valence-corrected chi connectivity index (χ0v) is 14.3. The molecule has 0 saturated carbocycles. The number of nitrogens with zero attached hydrogens (tertiary/aromatic N) is 3. The minimum absolute atomic E-state index is 0.0612. The van der Waals surface area contributed by atoms with E-state index in [0.29, 0.717) is 24.0 Å². The fraction of sp³-hybridized carbons (Fsp3) is 0.286. The predicted octanol–water partition coefficient (Wildman–Crippen LogP) is 3.48. The Hall–Kier alpha value is -2.33. The van der Waals surface area contributed by atoms with E-state index in [1.54, 1.807) is 13.2 Å². The molecule has 24 heavy (non-hydrogen) atoms. The fourth-order valence-corrected chi connectivity index (χ4v) is 2.25. The van der Waals surface area contributed by atoms with Crippen molar-refractivity contribution in [3.05, 3.63) is 44.9 Å². The lowest BCUT2D eigenvalue weighted by molar-refractivity contribution is -0.383. The van der Waals surface area contributed by atoms with Crippen LogP contribution < -0.4 is 10.6 Å². The summed E-state index contributed by atoms with van der Waals surface area (Å²) < 4.78 is 19.4. The number of rotatable bonds is 8. The molecule has 1 aromatic carbocycles. The SMILES string of the molecule is COCCCNc1ncnc(Nc2ccc(Br)cc2F)c1[N+](=O)[O-]. The summed E-state index contributed by atoms with van der Waals surface area (Å²) in [5.74, 6) is -0.594. The van der Waals surface area contributed by atoms with Crippen molar-refractivity contribution in [1.29, 1.82) is 0 Å². The highest BCUT2D eigenvalue weighted by atomic mass is 79.9. The third-order valence-corrected chi connectivity index (χ3v) is 3.50. The quantitative estimate of drug-likeness (QED) is 0.397. The first-order valence-corrected chi connectivity index (χ1v) is 7.76. The maximum atomic E-state index is 13.9. The highest BCUT2D eigenvalue weighted by molar-refractivity contribution is 9.10. The Morgan fingerprint density at radius 1 is 1.38 bits per heavy atom. The lowest BCUT2D eigenvalue weighted by Crippen LogP contribution is -2.10. The first-order chi connectivity index (χ1) is 11.5. The molecular formula is C14H15BrFN5O3. The van der Waals surface area contributed by atoms with Crippen LogP contribution in [0.5, 0.6) is 0 Å². The number of hydrogen-bond acceptors (Lipinski definition) is 7. The first-order valence-electron chi connectivity index (χ1n) is 6.97. The maximum absolute atomic E-state index is 13.9. The normalized spacial score (nSPS) is 10.5. The number of nitrogens with one attached hydrogen (secondary N) is 2. The molecule has 8 nitrogen and oxygen atoms in total. The molecule has 0 aliphatic rings. The van der Waals surface area contributed by atoms with Gasteiger partial charge in [0.1, 0.15) is 12.1 Å². The van der Waals surface area contributed by atoms with Gasteiger partial charge in [0.25, 0.3) is 0 Å². The van der Waals surface area contributed by atoms with Gasteiger partial charge in [-0.25, -0.2) is 14.4 Å². The molecule has 0 bridgehead atoms. The molecular weight excluding hydrogens is 385 g/mol. The van der Waals surface area contributed by atoms with Gasteiger partial charge in [-0.15, -0.1) is 0 Å². The van der Waals surface area contributed by atoms with Crippen LogP contribution in [0.25, 0.3) is 0 Å². The molecule has 2 aromatic rings. The minimum Gasteiger partial charge on any atom is -0.385 e. The summed E-state index contributed by atoms with van der Waals surface area (Å²) in [6.07, 6.45) is 1.83. The van der Waals surface area contributed by atoms with Gasteiger partial charge in [-0.2, -0.15) is 0 Å². The summed E-state index contributed by atoms with van der Waals surface area (Å²) in [6.45, 7) is 0.957. The number of aromatic nitrogens is 2. The molecule has 10 heteroatoms. The smallest absolute Gasteiger partial charge is 0.353 e. The summed E-state index contributed by atoms with van der Waals surface area (Å²) >= 11 is 3.15. The van der Waals surface area contributed by atoms with E-state index >= 15 is 0 Å². The number of nitro groups is 1. The van der Waals surface area contributed by atoms with E-state index in [4.69, 9.17) is 4.74 Å². The van der Waals surface area contributed by atoms with Crippen LogP contribution in [0.15, 0.2) is 29.0 Å². The van der Waals surface area contributed by atoms with Gasteiger partial charge in [0.05, 0.1) is 10.6 Å². The molecule has 1 aromatic heterocycles. The third kappa shape index (κ3) is 4.59. The van der Waals surface area contributed by atoms with Crippen LogP contribution in [0.3, 0.4) is 0 Å². The second-order valence-corrected chi connectivity index (χ2v) is 5.61. The fourth-order valence-electron chi connectivity index (χ4n) is 1.91. The highest BCUT2D eigenvalue weighted by Gasteiger charge is 2.23. The Labute approximate surface area is 145 Å². The van der Waals surface area contributed by atoms with Crippen LogP contribution in [-0.4, -0.2) is 35.2 Å². The third-order valence-electron chi connectivity index (χ3n) is 3.01. The second kappa shape index (κ2) is 8.50. The Bertz CT molecular complexity index is 732. The second-order valence-electron chi connectivity index (χ2n) is 4.70. The van der Waals surface area contributed by atoms with Crippen LogP contribution in [-0.2, 0) is 4.74 Å². The van der Waals surface area contributed by atoms with Crippen LogP contribution >= 0.6 is 15.9 Å². The molecule has 0 radical (unpaired) electrons. The number of anilines is 3. The van der Waals surface area contributed by atoms with Crippen molar-refractivity contribution >= 4 is 38.9 Å². The molecule has 0 aliphatic carbocycles. The molecule has 1 heterocycles. The van der Waals surface area contributed by atoms with Gasteiger partial charge in [0, 0.05) is 24.7 Å². The lowest BCUT2D eigenvalue weighted by atomic mass is 10.3. The van der Waals surface area contributed by atoms with Gasteiger partial charge in [0.2, 0.25) is 11.6 Å². The minimum atomic E-state index is -0.613. The number of hydrogen-bond donors (Lipinski definition) is 2. The average molecular weight is 400 g/mol. The van der Waals surface area contributed by atoms with Gasteiger partial charge in [-0.3, -0.25) is 10.1 Å². The number of methoxy groups -OCH3 is 1. The Kier molecular flexibility index (Phi) is 6.38. The Morgan fingerprint density at radius 2 is 2.12 bits per heavy atom. The van der Waals surface area contributed by atoms with Crippen LogP contribution in [0.2, 0.25) is 0 Å². The van der Waals surface area contributed by atoms with Crippen molar-refractivity contribution < 1.29 is 14.1 Å². The van der Waals surface area contributed by atoms with E-state index < -0.39 is 10.7 Å². The predicted molar refractivity (Wildman–Crippen MR) is 91.1 cm³/mol. The topological polar surface area (TPSA) is 102 Å². The van der Waals surface area contributed by atoms with Gasteiger partial charge >= 0.3 is 5.69 Å². The van der Waals surface area contributed by atoms with Crippen molar-refractivity contribution in [3.63, 3.8) is 0 Å². The number of ether oxygens (including phenoxy) is 1. The molecule has 0 aliphatic heterocycles. The standard InChI is InChI=1S/C14H15BrFN5O3/c1-24-6-2-5-17-13-12(21(22)23)14(19-8-18-13)20-11-4-3-9(15)7-10(11)16/h3-4,7-8H,2,5-6H2,1H3,(H2,17,18,19,20). The van der Waals surface area contributed by atoms with E-state index in [1.807, 2.05) is 0 Å². The summed E-state index contributed by atoms with van der Waals surface area (Å²) in [6, 6.07) is 4.32. The van der Waals surface area contributed by atoms with E-state index in [2.05, 4.69) is 36.5 Å². The summed E-state index contributed by atoms with van der Waals surface area (Å²) in [7, 11) is 1.57. The summed E-state index contributed by atoms with van der Waals surface area (Å²) in [5.41, 5.74) is -0.275. The van der Waals surface area contributed by atoms with Crippen LogP contribution in [0.1, 0.15) is 6.42 Å². The average Bonchev–Trinajstić information content (AvgIpc) is 2.54. The molecule has 0 atom stereocenters. The number of benzene rings is 1. The van der Waals surface area contributed by atoms with Crippen molar-refractivity contribution in [3.8, 4) is 0 Å². The number of halogens is 2. The van der Waals surface area contributed by atoms with E-state index in [9.17, 15) is 14.5 Å². The van der Waals surface area contributed by atoms with Crippen molar-refractivity contribution in [1.82, 2.24) is 9.97 Å². The van der Waals surface area contributed by atoms with E-state index in [0.717, 1.165) is 0 Å². The molecule has 0 saturated heterocycles. The zero-order chi connectivity index (χ0) is 17.5. The first kappa shape index (κ1) is 18.0. The highest BCUT2D eigenvalue weighted by Crippen LogP contribution is 2.32. The Morgan fingerprint density at radius 3 is 2.79 bits per heavy atom. The molecule has 0 unspecified atom stereocenters. The molecule has 128 valence electrons. The van der Waals surface area contributed by atoms with E-state index in [-0.39, 0.29) is 23.0 Å². The largest absolute Gasteiger partial charge is 0.385 e. The van der Waals surface area contributed by atoms with Crippen LogP contribution in [0.4, 0.5) is 27.4 Å². The van der Waals surface area contributed by atoms with Crippen molar-refractivity contribution in [2.45, 2.75) is 6.42 Å². The molecule has 2 N–H and O–H groups in total. The van der Waals surface area contributed by atoms with Gasteiger partial charge in [-0.1, -0.05) is 15.9 Å².